The molecule has 0 bridgehead atoms. The summed E-state index contributed by atoms with van der Waals surface area (Å²) in [6, 6.07) is 27.4. The van der Waals surface area contributed by atoms with E-state index in [1.165, 1.54) is 12.7 Å². The largest absolute Gasteiger partial charge is 0.454 e. The van der Waals surface area contributed by atoms with Crippen molar-refractivity contribution < 1.29 is 4.42 Å². The first-order valence-electron chi connectivity index (χ1n) is 13.2. The maximum Gasteiger partial charge on any atom is 0.237 e. The van der Waals surface area contributed by atoms with E-state index in [9.17, 15) is 0 Å². The van der Waals surface area contributed by atoms with Gasteiger partial charge in [-0.05, 0) is 42.0 Å². The number of furan rings is 1. The monoisotopic (exact) mass is 517 g/mol. The zero-order chi connectivity index (χ0) is 26.6. The van der Waals surface area contributed by atoms with E-state index in [4.69, 9.17) is 4.42 Å². The van der Waals surface area contributed by atoms with E-state index < -0.39 is 0 Å². The van der Waals surface area contributed by atoms with Crippen molar-refractivity contribution in [2.24, 2.45) is 0 Å². The van der Waals surface area contributed by atoms with Crippen molar-refractivity contribution in [1.82, 2.24) is 19.5 Å². The van der Waals surface area contributed by atoms with Gasteiger partial charge in [-0.25, -0.2) is 15.0 Å². The molecule has 0 saturated carbocycles. The van der Waals surface area contributed by atoms with E-state index in [-0.39, 0.29) is 0 Å². The molecule has 0 N–H and O–H groups in total. The van der Waals surface area contributed by atoms with Crippen molar-refractivity contribution in [2.75, 3.05) is 11.4 Å². The Labute approximate surface area is 229 Å². The molecule has 0 unspecified atom stereocenters. The molecule has 0 saturated heterocycles. The maximum atomic E-state index is 6.55. The summed E-state index contributed by atoms with van der Waals surface area (Å²) in [6.45, 7) is 5.07. The average molecular weight is 518 g/mol. The molecule has 0 amide bonds. The van der Waals surface area contributed by atoms with Crippen LogP contribution in [0.4, 0.5) is 11.4 Å². The molecule has 3 aromatic heterocycles. The third kappa shape index (κ3) is 3.33. The summed E-state index contributed by atoms with van der Waals surface area (Å²) in [4.78, 5) is 15.2. The van der Waals surface area contributed by atoms with Gasteiger partial charge in [0.15, 0.2) is 5.58 Å². The number of anilines is 2. The van der Waals surface area contributed by atoms with Crippen LogP contribution in [0.15, 0.2) is 127 Å². The number of hydrogen-bond donors (Lipinski definition) is 0. The Hall–Kier alpha value is -5.49. The van der Waals surface area contributed by atoms with Gasteiger partial charge in [0, 0.05) is 39.3 Å². The van der Waals surface area contributed by atoms with Crippen LogP contribution in [0, 0.1) is 0 Å². The molecular weight excluding hydrogens is 494 g/mol. The molecule has 0 radical (unpaired) electrons. The molecule has 6 heteroatoms. The van der Waals surface area contributed by atoms with Crippen LogP contribution < -0.4 is 4.90 Å². The van der Waals surface area contributed by atoms with E-state index in [1.807, 2.05) is 24.3 Å². The zero-order valence-electron chi connectivity index (χ0n) is 21.5. The number of allylic oxidation sites excluding steroid dienone is 4. The highest BCUT2D eigenvalue weighted by Gasteiger charge is 2.23. The average Bonchev–Trinajstić information content (AvgIpc) is 3.56. The summed E-state index contributed by atoms with van der Waals surface area (Å²) >= 11 is 0. The number of para-hydroxylation sites is 2. The minimum absolute atomic E-state index is 0.594. The Balaban J connectivity index is 1.42. The van der Waals surface area contributed by atoms with Crippen LogP contribution in [-0.2, 0) is 0 Å². The number of hydrogen-bond acceptors (Lipinski definition) is 5. The van der Waals surface area contributed by atoms with Gasteiger partial charge >= 0.3 is 0 Å². The second-order valence-corrected chi connectivity index (χ2v) is 9.85. The predicted octanol–water partition coefficient (Wildman–Crippen LogP) is 8.15. The van der Waals surface area contributed by atoms with Gasteiger partial charge in [-0.2, -0.15) is 0 Å². The van der Waals surface area contributed by atoms with Crippen molar-refractivity contribution in [2.45, 2.75) is 0 Å². The van der Waals surface area contributed by atoms with Gasteiger partial charge in [0.25, 0.3) is 0 Å². The van der Waals surface area contributed by atoms with Gasteiger partial charge < -0.3 is 9.32 Å². The summed E-state index contributed by atoms with van der Waals surface area (Å²) in [5.74, 6) is 0.594. The minimum Gasteiger partial charge on any atom is -0.454 e. The molecule has 7 aromatic rings. The molecule has 190 valence electrons. The molecular formula is C34H23N5O. The van der Waals surface area contributed by atoms with Gasteiger partial charge in [-0.3, -0.25) is 4.57 Å². The van der Waals surface area contributed by atoms with Crippen LogP contribution >= 0.6 is 0 Å². The van der Waals surface area contributed by atoms with Gasteiger partial charge in [0.2, 0.25) is 5.95 Å². The van der Waals surface area contributed by atoms with Gasteiger partial charge in [-0.15, -0.1) is 0 Å². The van der Waals surface area contributed by atoms with E-state index in [0.29, 0.717) is 12.5 Å². The van der Waals surface area contributed by atoms with Crippen LogP contribution in [0.3, 0.4) is 0 Å². The highest BCUT2D eigenvalue weighted by molar-refractivity contribution is 6.13. The Kier molecular flexibility index (Phi) is 4.94. The standard InChI is InChI=1S/C34H23N5O/c1-22-9-3-2-8-18-38(32-24(22)15-16-27-26-11-5-7-13-31(26)40-33(27)32)23-14-17-30-28(19-23)25-10-4-6-12-29(25)39(30)34-36-20-35-21-37-34/h2-17,19-21H,1,18H2/b8-2-,9-3-. The van der Waals surface area contributed by atoms with Gasteiger partial charge in [-0.1, -0.05) is 73.3 Å². The van der Waals surface area contributed by atoms with E-state index in [2.05, 4.69) is 110 Å². The molecule has 6 nitrogen and oxygen atoms in total. The van der Waals surface area contributed by atoms with Crippen LogP contribution in [0.1, 0.15) is 5.56 Å². The predicted molar refractivity (Wildman–Crippen MR) is 162 cm³/mol. The Morgan fingerprint density at radius 2 is 1.55 bits per heavy atom. The molecule has 1 aliphatic rings. The lowest BCUT2D eigenvalue weighted by molar-refractivity contribution is 0.668. The lowest BCUT2D eigenvalue weighted by atomic mass is 10.00. The number of fused-ring (bicyclic) bond motifs is 8. The number of nitrogens with zero attached hydrogens (tertiary/aromatic N) is 5. The molecule has 0 atom stereocenters. The Bertz CT molecular complexity index is 2170. The zero-order valence-corrected chi connectivity index (χ0v) is 21.5. The maximum absolute atomic E-state index is 6.55. The van der Waals surface area contributed by atoms with Crippen LogP contribution in [0.5, 0.6) is 0 Å². The first-order chi connectivity index (χ1) is 19.8. The van der Waals surface area contributed by atoms with Gasteiger partial charge in [0.05, 0.1) is 16.7 Å². The van der Waals surface area contributed by atoms with Crippen LogP contribution in [-0.4, -0.2) is 26.1 Å². The SMILES string of the molecule is C=C1/C=C\C=C/CN(c2ccc3c(c2)c2ccccc2n3-c2ncncn2)c2c1ccc1c2oc2ccccc21. The van der Waals surface area contributed by atoms with Crippen molar-refractivity contribution in [1.29, 1.82) is 0 Å². The van der Waals surface area contributed by atoms with Crippen molar-refractivity contribution in [3.05, 3.63) is 128 Å². The molecule has 0 spiro atoms. The van der Waals surface area contributed by atoms with E-state index in [1.54, 1.807) is 0 Å². The van der Waals surface area contributed by atoms with E-state index >= 15 is 0 Å². The molecule has 8 rings (SSSR count). The molecule has 0 fully saturated rings. The third-order valence-electron chi connectivity index (χ3n) is 7.62. The molecule has 40 heavy (non-hydrogen) atoms. The van der Waals surface area contributed by atoms with Crippen LogP contribution in [0.25, 0.3) is 55.3 Å². The second-order valence-electron chi connectivity index (χ2n) is 9.85. The fourth-order valence-electron chi connectivity index (χ4n) is 5.83. The molecule has 1 aliphatic heterocycles. The van der Waals surface area contributed by atoms with Crippen molar-refractivity contribution in [3.8, 4) is 5.95 Å². The molecule has 4 heterocycles. The number of aromatic nitrogens is 4. The lowest BCUT2D eigenvalue weighted by Crippen LogP contribution is -2.18. The number of rotatable bonds is 2. The summed E-state index contributed by atoms with van der Waals surface area (Å²) in [5.41, 5.74) is 7.84. The minimum atomic E-state index is 0.594. The topological polar surface area (TPSA) is 60.0 Å². The van der Waals surface area contributed by atoms with Crippen LogP contribution in [0.2, 0.25) is 0 Å². The summed E-state index contributed by atoms with van der Waals surface area (Å²) in [6.07, 6.45) is 11.4. The van der Waals surface area contributed by atoms with Crippen molar-refractivity contribution >= 4 is 60.7 Å². The number of benzene rings is 4. The lowest BCUT2D eigenvalue weighted by Gasteiger charge is -2.26. The normalized spacial score (nSPS) is 15.3. The first kappa shape index (κ1) is 22.5. The summed E-state index contributed by atoms with van der Waals surface area (Å²) < 4.78 is 8.64. The molecule has 4 aromatic carbocycles. The van der Waals surface area contributed by atoms with Crippen molar-refractivity contribution in [3.63, 3.8) is 0 Å². The highest BCUT2D eigenvalue weighted by atomic mass is 16.3. The Morgan fingerprint density at radius 3 is 2.45 bits per heavy atom. The smallest absolute Gasteiger partial charge is 0.237 e. The quantitative estimate of drug-likeness (QED) is 0.232. The second kappa shape index (κ2) is 8.78. The highest BCUT2D eigenvalue weighted by Crippen LogP contribution is 2.44. The fourth-order valence-corrected chi connectivity index (χ4v) is 5.83. The Morgan fingerprint density at radius 1 is 0.750 bits per heavy atom. The fraction of sp³-hybridized carbons (Fsp3) is 0.0294. The summed E-state index contributed by atoms with van der Waals surface area (Å²) in [5, 5.41) is 4.44. The third-order valence-corrected chi connectivity index (χ3v) is 7.62. The first-order valence-corrected chi connectivity index (χ1v) is 13.2. The van der Waals surface area contributed by atoms with E-state index in [0.717, 1.165) is 66.3 Å². The van der Waals surface area contributed by atoms with Gasteiger partial charge in [0.1, 0.15) is 18.2 Å². The summed E-state index contributed by atoms with van der Waals surface area (Å²) in [7, 11) is 0. The molecule has 0 aliphatic carbocycles.